The van der Waals surface area contributed by atoms with E-state index in [4.69, 9.17) is 0 Å². The first-order valence-corrected chi connectivity index (χ1v) is 7.49. The largest absolute Gasteiger partial charge is 0.370 e. The van der Waals surface area contributed by atoms with Crippen LogP contribution in [0.2, 0.25) is 0 Å². The molecular weight excluding hydrogens is 271 g/mol. The maximum atomic E-state index is 13.3. The van der Waals surface area contributed by atoms with Gasteiger partial charge in [0.2, 0.25) is 0 Å². The lowest BCUT2D eigenvalue weighted by Gasteiger charge is -2.32. The Labute approximate surface area is 124 Å². The van der Waals surface area contributed by atoms with Gasteiger partial charge in [-0.2, -0.15) is 0 Å². The van der Waals surface area contributed by atoms with Gasteiger partial charge in [0.05, 0.1) is 11.8 Å². The highest BCUT2D eigenvalue weighted by Gasteiger charge is 2.20. The topological polar surface area (TPSA) is 57.3 Å². The van der Waals surface area contributed by atoms with Crippen LogP contribution in [0.3, 0.4) is 0 Å². The van der Waals surface area contributed by atoms with Crippen molar-refractivity contribution in [3.8, 4) is 0 Å². The van der Waals surface area contributed by atoms with Gasteiger partial charge in [-0.05, 0) is 39.4 Å². The summed E-state index contributed by atoms with van der Waals surface area (Å²) in [7, 11) is 2.07. The number of hydrogen-bond donors (Lipinski definition) is 2. The fourth-order valence-electron chi connectivity index (χ4n) is 2.63. The molecule has 0 aromatic carbocycles. The molecule has 0 aliphatic carbocycles. The number of rotatable bonds is 5. The SMILES string of the molecule is CCNc1ncc(F)cc1C(=O)NCC1CCCCN1C. The Balaban J connectivity index is 2.00. The van der Waals surface area contributed by atoms with E-state index < -0.39 is 5.82 Å². The van der Waals surface area contributed by atoms with Gasteiger partial charge in [-0.15, -0.1) is 0 Å². The number of carbonyl (C=O) groups excluding carboxylic acids is 1. The lowest BCUT2D eigenvalue weighted by Crippen LogP contribution is -2.44. The number of nitrogens with zero attached hydrogens (tertiary/aromatic N) is 2. The van der Waals surface area contributed by atoms with E-state index in [-0.39, 0.29) is 11.5 Å². The van der Waals surface area contributed by atoms with Crippen molar-refractivity contribution < 1.29 is 9.18 Å². The molecule has 2 rings (SSSR count). The molecule has 0 radical (unpaired) electrons. The molecule has 1 unspecified atom stereocenters. The second kappa shape index (κ2) is 7.36. The van der Waals surface area contributed by atoms with Crippen molar-refractivity contribution in [2.24, 2.45) is 0 Å². The van der Waals surface area contributed by atoms with E-state index >= 15 is 0 Å². The number of hydrogen-bond acceptors (Lipinski definition) is 4. The molecule has 2 heterocycles. The van der Waals surface area contributed by atoms with Crippen LogP contribution in [0.5, 0.6) is 0 Å². The van der Waals surface area contributed by atoms with E-state index in [9.17, 15) is 9.18 Å². The summed E-state index contributed by atoms with van der Waals surface area (Å²) >= 11 is 0. The fourth-order valence-corrected chi connectivity index (χ4v) is 2.63. The fraction of sp³-hybridized carbons (Fsp3) is 0.600. The lowest BCUT2D eigenvalue weighted by molar-refractivity contribution is 0.0928. The number of aromatic nitrogens is 1. The van der Waals surface area contributed by atoms with Crippen molar-refractivity contribution >= 4 is 11.7 Å². The Bertz CT molecular complexity index is 495. The minimum absolute atomic E-state index is 0.260. The summed E-state index contributed by atoms with van der Waals surface area (Å²) in [6.07, 6.45) is 4.59. The molecule has 116 valence electrons. The molecule has 2 N–H and O–H groups in total. The van der Waals surface area contributed by atoms with E-state index in [1.54, 1.807) is 0 Å². The van der Waals surface area contributed by atoms with Crippen molar-refractivity contribution in [3.63, 3.8) is 0 Å². The highest BCUT2D eigenvalue weighted by Crippen LogP contribution is 2.16. The standard InChI is InChI=1S/C15H23FN4O/c1-3-17-14-13(8-11(16)9-18-14)15(21)19-10-12-6-4-5-7-20(12)2/h8-9,12H,3-7,10H2,1-2H3,(H,17,18)(H,19,21). The summed E-state index contributed by atoms with van der Waals surface area (Å²) in [6.45, 7) is 4.18. The zero-order valence-corrected chi connectivity index (χ0v) is 12.7. The zero-order valence-electron chi connectivity index (χ0n) is 12.7. The molecular formula is C15H23FN4O. The van der Waals surface area contributed by atoms with E-state index in [1.165, 1.54) is 18.9 Å². The van der Waals surface area contributed by atoms with Gasteiger partial charge in [0.15, 0.2) is 0 Å². The molecule has 6 heteroatoms. The number of halogens is 1. The molecule has 0 bridgehead atoms. The van der Waals surface area contributed by atoms with Crippen molar-refractivity contribution in [1.29, 1.82) is 0 Å². The predicted molar refractivity (Wildman–Crippen MR) is 81.0 cm³/mol. The van der Waals surface area contributed by atoms with Crippen LogP contribution in [-0.4, -0.2) is 48.5 Å². The molecule has 0 saturated carbocycles. The van der Waals surface area contributed by atoms with Gasteiger partial charge in [0.25, 0.3) is 5.91 Å². The number of anilines is 1. The molecule has 5 nitrogen and oxygen atoms in total. The maximum absolute atomic E-state index is 13.3. The molecule has 0 spiro atoms. The average Bonchev–Trinajstić information content (AvgIpc) is 2.48. The smallest absolute Gasteiger partial charge is 0.255 e. The zero-order chi connectivity index (χ0) is 15.2. The van der Waals surface area contributed by atoms with Crippen LogP contribution in [-0.2, 0) is 0 Å². The minimum Gasteiger partial charge on any atom is -0.370 e. The van der Waals surface area contributed by atoms with Gasteiger partial charge in [0, 0.05) is 19.1 Å². The molecule has 21 heavy (non-hydrogen) atoms. The van der Waals surface area contributed by atoms with E-state index in [1.807, 2.05) is 6.92 Å². The van der Waals surface area contributed by atoms with E-state index in [0.717, 1.165) is 19.2 Å². The minimum atomic E-state index is -0.503. The molecule has 1 aromatic rings. The summed E-state index contributed by atoms with van der Waals surface area (Å²) in [5.74, 6) is -0.359. The lowest BCUT2D eigenvalue weighted by atomic mass is 10.0. The van der Waals surface area contributed by atoms with Crippen molar-refractivity contribution in [3.05, 3.63) is 23.6 Å². The number of amides is 1. The maximum Gasteiger partial charge on any atom is 0.255 e. The second-order valence-electron chi connectivity index (χ2n) is 5.42. The van der Waals surface area contributed by atoms with Gasteiger partial charge >= 0.3 is 0 Å². The monoisotopic (exact) mass is 294 g/mol. The summed E-state index contributed by atoms with van der Waals surface area (Å²) in [4.78, 5) is 18.5. The van der Waals surface area contributed by atoms with Crippen LogP contribution in [0.15, 0.2) is 12.3 Å². The van der Waals surface area contributed by atoms with Gasteiger partial charge in [-0.25, -0.2) is 9.37 Å². The number of piperidine rings is 1. The Morgan fingerprint density at radius 1 is 1.52 bits per heavy atom. The van der Waals surface area contributed by atoms with Gasteiger partial charge in [-0.1, -0.05) is 6.42 Å². The summed E-state index contributed by atoms with van der Waals surface area (Å²) in [5, 5.41) is 5.88. The number of likely N-dealkylation sites (N-methyl/N-ethyl adjacent to an activating group) is 1. The van der Waals surface area contributed by atoms with Crippen LogP contribution in [0.4, 0.5) is 10.2 Å². The molecule has 1 atom stereocenters. The third-order valence-electron chi connectivity index (χ3n) is 3.86. The molecule has 1 amide bonds. The second-order valence-corrected chi connectivity index (χ2v) is 5.42. The van der Waals surface area contributed by atoms with Crippen LogP contribution in [0.25, 0.3) is 0 Å². The first-order valence-electron chi connectivity index (χ1n) is 7.49. The molecule has 1 saturated heterocycles. The first-order chi connectivity index (χ1) is 10.1. The normalized spacial score (nSPS) is 19.3. The Hall–Kier alpha value is -1.69. The van der Waals surface area contributed by atoms with E-state index in [0.29, 0.717) is 24.9 Å². The number of likely N-dealkylation sites (tertiary alicyclic amines) is 1. The van der Waals surface area contributed by atoms with Gasteiger partial charge in [0.1, 0.15) is 11.6 Å². The average molecular weight is 294 g/mol. The van der Waals surface area contributed by atoms with Gasteiger partial charge < -0.3 is 15.5 Å². The van der Waals surface area contributed by atoms with Crippen molar-refractivity contribution in [2.75, 3.05) is 32.0 Å². The molecule has 1 aromatic heterocycles. The highest BCUT2D eigenvalue weighted by molar-refractivity contribution is 5.98. The molecule has 1 fully saturated rings. The van der Waals surface area contributed by atoms with Crippen molar-refractivity contribution in [2.45, 2.75) is 32.2 Å². The highest BCUT2D eigenvalue weighted by atomic mass is 19.1. The number of carbonyl (C=O) groups is 1. The van der Waals surface area contributed by atoms with Crippen molar-refractivity contribution in [1.82, 2.24) is 15.2 Å². The third-order valence-corrected chi connectivity index (χ3v) is 3.86. The Kier molecular flexibility index (Phi) is 5.50. The number of pyridine rings is 1. The Morgan fingerprint density at radius 2 is 2.33 bits per heavy atom. The third kappa shape index (κ3) is 4.14. The quantitative estimate of drug-likeness (QED) is 0.870. The van der Waals surface area contributed by atoms with Crippen LogP contribution < -0.4 is 10.6 Å². The summed E-state index contributed by atoms with van der Waals surface area (Å²) in [6, 6.07) is 1.58. The Morgan fingerprint density at radius 3 is 3.05 bits per heavy atom. The first kappa shape index (κ1) is 15.7. The van der Waals surface area contributed by atoms with E-state index in [2.05, 4.69) is 27.6 Å². The van der Waals surface area contributed by atoms with Crippen LogP contribution >= 0.6 is 0 Å². The summed E-state index contributed by atoms with van der Waals surface area (Å²) < 4.78 is 13.3. The van der Waals surface area contributed by atoms with Crippen LogP contribution in [0, 0.1) is 5.82 Å². The van der Waals surface area contributed by atoms with Gasteiger partial charge in [-0.3, -0.25) is 4.79 Å². The van der Waals surface area contributed by atoms with Crippen LogP contribution in [0.1, 0.15) is 36.5 Å². The predicted octanol–water partition coefficient (Wildman–Crippen LogP) is 1.87. The molecule has 1 aliphatic heterocycles. The number of nitrogens with one attached hydrogen (secondary N) is 2. The summed E-state index contributed by atoms with van der Waals surface area (Å²) in [5.41, 5.74) is 0.260. The molecule has 1 aliphatic rings.